The number of benzene rings is 1. The van der Waals surface area contributed by atoms with Crippen LogP contribution >= 0.6 is 12.4 Å². The predicted octanol–water partition coefficient (Wildman–Crippen LogP) is 1.20. The van der Waals surface area contributed by atoms with Gasteiger partial charge in [-0.15, -0.1) is 12.4 Å². The molecular weight excluding hydrogens is 324 g/mol. The zero-order valence-corrected chi connectivity index (χ0v) is 14.5. The van der Waals surface area contributed by atoms with Crippen molar-refractivity contribution in [1.82, 2.24) is 10.6 Å². The van der Waals surface area contributed by atoms with Crippen LogP contribution in [0.15, 0.2) is 24.3 Å². The largest absolute Gasteiger partial charge is 0.351 e. The van der Waals surface area contributed by atoms with Gasteiger partial charge >= 0.3 is 0 Å². The monoisotopic (exact) mass is 346 g/mol. The van der Waals surface area contributed by atoms with Crippen LogP contribution in [0, 0.1) is 6.92 Å². The number of halogens is 1. The molecule has 0 saturated carbocycles. The van der Waals surface area contributed by atoms with Gasteiger partial charge in [0, 0.05) is 12.8 Å². The highest BCUT2D eigenvalue weighted by Gasteiger charge is 2.48. The van der Waals surface area contributed by atoms with E-state index in [1.165, 1.54) is 0 Å². The Morgan fingerprint density at radius 3 is 2.50 bits per heavy atom. The molecule has 0 aromatic heterocycles. The fourth-order valence-corrected chi connectivity index (χ4v) is 4.12. The third-order valence-corrected chi connectivity index (χ3v) is 6.08. The topological polar surface area (TPSA) is 75.3 Å². The molecule has 5 nitrogen and oxygen atoms in total. The maximum absolute atomic E-state index is 12.5. The number of carbonyl (C=O) groups is 1. The number of rotatable bonds is 4. The van der Waals surface area contributed by atoms with Crippen molar-refractivity contribution in [2.24, 2.45) is 0 Å². The number of carbonyl (C=O) groups excluding carboxylic acids is 1. The van der Waals surface area contributed by atoms with Gasteiger partial charge in [0.05, 0.1) is 0 Å². The van der Waals surface area contributed by atoms with Gasteiger partial charge in [0.15, 0.2) is 14.6 Å². The first-order chi connectivity index (χ1) is 9.85. The zero-order chi connectivity index (χ0) is 15.5. The van der Waals surface area contributed by atoms with E-state index < -0.39 is 14.6 Å². The lowest BCUT2D eigenvalue weighted by molar-refractivity contribution is -0.124. The molecule has 0 radical (unpaired) electrons. The molecule has 1 aliphatic heterocycles. The van der Waals surface area contributed by atoms with E-state index in [4.69, 9.17) is 0 Å². The van der Waals surface area contributed by atoms with Gasteiger partial charge in [-0.05, 0) is 38.4 Å². The molecule has 7 heteroatoms. The Hall–Kier alpha value is -1.11. The first kappa shape index (κ1) is 18.9. The van der Waals surface area contributed by atoms with Gasteiger partial charge < -0.3 is 10.6 Å². The minimum absolute atomic E-state index is 0. The zero-order valence-electron chi connectivity index (χ0n) is 12.9. The molecule has 1 saturated heterocycles. The van der Waals surface area contributed by atoms with Crippen molar-refractivity contribution in [1.29, 1.82) is 0 Å². The van der Waals surface area contributed by atoms with Gasteiger partial charge in [-0.1, -0.05) is 29.8 Å². The van der Waals surface area contributed by atoms with E-state index in [-0.39, 0.29) is 18.3 Å². The molecule has 1 amide bonds. The van der Waals surface area contributed by atoms with Crippen molar-refractivity contribution >= 4 is 28.2 Å². The summed E-state index contributed by atoms with van der Waals surface area (Å²) >= 11 is 0. The molecule has 0 unspecified atom stereocenters. The lowest BCUT2D eigenvalue weighted by atomic mass is 9.95. The second kappa shape index (κ2) is 7.44. The predicted molar refractivity (Wildman–Crippen MR) is 90.0 cm³/mol. The Balaban J connectivity index is 0.00000242. The highest BCUT2D eigenvalue weighted by Crippen LogP contribution is 2.28. The Labute approximate surface area is 138 Å². The number of piperidine rings is 1. The summed E-state index contributed by atoms with van der Waals surface area (Å²) < 4.78 is 23.0. The summed E-state index contributed by atoms with van der Waals surface area (Å²) in [7, 11) is -3.45. The summed E-state index contributed by atoms with van der Waals surface area (Å²) in [5.74, 6) is -0.381. The van der Waals surface area contributed by atoms with Crippen LogP contribution in [0.25, 0.3) is 0 Å². The van der Waals surface area contributed by atoms with E-state index in [0.717, 1.165) is 17.4 Å². The van der Waals surface area contributed by atoms with Crippen molar-refractivity contribution < 1.29 is 13.2 Å². The number of sulfone groups is 1. The maximum Gasteiger partial charge on any atom is 0.241 e. The first-order valence-corrected chi connectivity index (χ1v) is 8.98. The minimum atomic E-state index is -3.45. The Bertz CT molecular complexity index is 625. The van der Waals surface area contributed by atoms with Crippen LogP contribution in [0.1, 0.15) is 24.0 Å². The van der Waals surface area contributed by atoms with E-state index in [1.807, 2.05) is 31.2 Å². The lowest BCUT2D eigenvalue weighted by Crippen LogP contribution is -2.57. The van der Waals surface area contributed by atoms with E-state index in [0.29, 0.717) is 32.5 Å². The van der Waals surface area contributed by atoms with Gasteiger partial charge in [0.25, 0.3) is 0 Å². The smallest absolute Gasteiger partial charge is 0.241 e. The fourth-order valence-electron chi connectivity index (χ4n) is 2.76. The van der Waals surface area contributed by atoms with Crippen molar-refractivity contribution in [3.63, 3.8) is 0 Å². The van der Waals surface area contributed by atoms with Crippen LogP contribution in [0.3, 0.4) is 0 Å². The third-order valence-electron chi connectivity index (χ3n) is 4.07. The van der Waals surface area contributed by atoms with Gasteiger partial charge in [-0.25, -0.2) is 8.42 Å². The number of hydrogen-bond donors (Lipinski definition) is 2. The Morgan fingerprint density at radius 2 is 1.95 bits per heavy atom. The summed E-state index contributed by atoms with van der Waals surface area (Å²) in [4.78, 5) is 12.5. The Morgan fingerprint density at radius 1 is 1.32 bits per heavy atom. The molecule has 124 valence electrons. The van der Waals surface area contributed by atoms with Gasteiger partial charge in [0.2, 0.25) is 5.91 Å². The molecule has 1 aromatic rings. The van der Waals surface area contributed by atoms with Crippen molar-refractivity contribution in [3.05, 3.63) is 35.4 Å². The third kappa shape index (κ3) is 4.00. The second-order valence-corrected chi connectivity index (χ2v) is 8.01. The summed E-state index contributed by atoms with van der Waals surface area (Å²) in [6.45, 7) is 3.43. The highest BCUT2D eigenvalue weighted by molar-refractivity contribution is 7.92. The van der Waals surface area contributed by atoms with Crippen molar-refractivity contribution in [2.45, 2.75) is 31.1 Å². The van der Waals surface area contributed by atoms with Crippen LogP contribution < -0.4 is 10.6 Å². The molecular formula is C15H23ClN2O3S. The van der Waals surface area contributed by atoms with Crippen LogP contribution in [0.2, 0.25) is 0 Å². The summed E-state index contributed by atoms with van der Waals surface area (Å²) in [6, 6.07) is 7.81. The average molecular weight is 347 g/mol. The van der Waals surface area contributed by atoms with Crippen molar-refractivity contribution in [3.8, 4) is 0 Å². The summed E-state index contributed by atoms with van der Waals surface area (Å²) in [5.41, 5.74) is 2.09. The van der Waals surface area contributed by atoms with E-state index in [9.17, 15) is 13.2 Å². The molecule has 1 fully saturated rings. The average Bonchev–Trinajstić information content (AvgIpc) is 2.44. The van der Waals surface area contributed by atoms with Crippen LogP contribution in [0.5, 0.6) is 0 Å². The van der Waals surface area contributed by atoms with Crippen molar-refractivity contribution in [2.75, 3.05) is 19.3 Å². The molecule has 1 heterocycles. The quantitative estimate of drug-likeness (QED) is 0.859. The molecule has 2 N–H and O–H groups in total. The van der Waals surface area contributed by atoms with Gasteiger partial charge in [0.1, 0.15) is 0 Å². The van der Waals surface area contributed by atoms with Crippen LogP contribution in [-0.4, -0.2) is 38.4 Å². The highest BCUT2D eigenvalue weighted by atomic mass is 35.5. The standard InChI is InChI=1S/C15H22N2O3S.ClH/c1-12-4-3-5-13(10-12)11-17-14(18)15(21(2,19)20)6-8-16-9-7-15;/h3-5,10,16H,6-9,11H2,1-2H3,(H,17,18);1H. The molecule has 0 spiro atoms. The van der Waals surface area contributed by atoms with E-state index in [1.54, 1.807) is 0 Å². The molecule has 1 aliphatic rings. The fraction of sp³-hybridized carbons (Fsp3) is 0.533. The maximum atomic E-state index is 12.5. The first-order valence-electron chi connectivity index (χ1n) is 7.09. The molecule has 22 heavy (non-hydrogen) atoms. The molecule has 0 bridgehead atoms. The SMILES string of the molecule is Cc1cccc(CNC(=O)C2(S(C)(=O)=O)CCNCC2)c1.Cl. The van der Waals surface area contributed by atoms with Crippen LogP contribution in [0.4, 0.5) is 0 Å². The summed E-state index contributed by atoms with van der Waals surface area (Å²) in [6.07, 6.45) is 1.81. The molecule has 0 atom stereocenters. The van der Waals surface area contributed by atoms with Crippen LogP contribution in [-0.2, 0) is 21.2 Å². The molecule has 2 rings (SSSR count). The number of aryl methyl sites for hydroxylation is 1. The lowest BCUT2D eigenvalue weighted by Gasteiger charge is -2.34. The van der Waals surface area contributed by atoms with Gasteiger partial charge in [-0.3, -0.25) is 4.79 Å². The number of hydrogen-bond acceptors (Lipinski definition) is 4. The van der Waals surface area contributed by atoms with Gasteiger partial charge in [-0.2, -0.15) is 0 Å². The normalized spacial score (nSPS) is 17.4. The van der Waals surface area contributed by atoms with E-state index >= 15 is 0 Å². The van der Waals surface area contributed by atoms with E-state index in [2.05, 4.69) is 10.6 Å². The molecule has 1 aromatic carbocycles. The number of nitrogens with one attached hydrogen (secondary N) is 2. The summed E-state index contributed by atoms with van der Waals surface area (Å²) in [5, 5.41) is 5.90. The number of amides is 1. The second-order valence-electron chi connectivity index (χ2n) is 5.69. The Kier molecular flexibility index (Phi) is 6.40. The molecule has 0 aliphatic carbocycles. The minimum Gasteiger partial charge on any atom is -0.351 e.